The first kappa shape index (κ1) is 19.2. The molecule has 28 heavy (non-hydrogen) atoms. The van der Waals surface area contributed by atoms with E-state index in [4.69, 9.17) is 9.47 Å². The van der Waals surface area contributed by atoms with Gasteiger partial charge in [0.25, 0.3) is 0 Å². The van der Waals surface area contributed by atoms with Gasteiger partial charge >= 0.3 is 0 Å². The Morgan fingerprint density at radius 3 is 2.39 bits per heavy atom. The number of benzene rings is 2. The van der Waals surface area contributed by atoms with Crippen LogP contribution < -0.4 is 25.4 Å². The lowest BCUT2D eigenvalue weighted by Gasteiger charge is -2.21. The number of amides is 2. The maximum absolute atomic E-state index is 12.5. The second-order valence-electron chi connectivity index (χ2n) is 6.05. The van der Waals surface area contributed by atoms with Crippen LogP contribution in [0.3, 0.4) is 0 Å². The van der Waals surface area contributed by atoms with Gasteiger partial charge in [0.15, 0.2) is 0 Å². The van der Waals surface area contributed by atoms with Gasteiger partial charge in [0.1, 0.15) is 17.5 Å². The number of hydrogen-bond acceptors (Lipinski definition) is 6. The average Bonchev–Trinajstić information content (AvgIpc) is 2.70. The van der Waals surface area contributed by atoms with Crippen molar-refractivity contribution < 1.29 is 19.1 Å². The standard InChI is InChI=1S/C20H22N4O4/c1-3-28-16-10-6-14(7-11-16)22-20-23-17(12-18(25)24-20)19(26)21-13-4-8-15(27-2)9-5-13/h4-11,17H,3,12H2,1-2H3,(H,21,26)(H2,22,23,24,25)/t17-/m1/s1. The van der Waals surface area contributed by atoms with E-state index in [0.29, 0.717) is 18.0 Å². The molecule has 0 fully saturated rings. The molecule has 0 spiro atoms. The molecule has 1 heterocycles. The van der Waals surface area contributed by atoms with Crippen molar-refractivity contribution in [1.82, 2.24) is 5.32 Å². The van der Waals surface area contributed by atoms with Crippen LogP contribution in [0.2, 0.25) is 0 Å². The normalized spacial score (nSPS) is 15.9. The number of rotatable bonds is 6. The van der Waals surface area contributed by atoms with Gasteiger partial charge in [-0.25, -0.2) is 4.99 Å². The number of methoxy groups -OCH3 is 1. The molecular formula is C20H22N4O4. The van der Waals surface area contributed by atoms with E-state index in [-0.39, 0.29) is 24.2 Å². The lowest BCUT2D eigenvalue weighted by Crippen LogP contribution is -2.45. The molecular weight excluding hydrogens is 360 g/mol. The van der Waals surface area contributed by atoms with Crippen LogP contribution >= 0.6 is 0 Å². The van der Waals surface area contributed by atoms with Crippen LogP contribution in [0.4, 0.5) is 11.4 Å². The topological polar surface area (TPSA) is 101 Å². The van der Waals surface area contributed by atoms with Gasteiger partial charge in [0, 0.05) is 11.4 Å². The fourth-order valence-corrected chi connectivity index (χ4v) is 2.65. The van der Waals surface area contributed by atoms with Crippen molar-refractivity contribution in [2.75, 3.05) is 24.4 Å². The van der Waals surface area contributed by atoms with Crippen molar-refractivity contribution in [3.05, 3.63) is 48.5 Å². The molecule has 3 N–H and O–H groups in total. The summed E-state index contributed by atoms with van der Waals surface area (Å²) >= 11 is 0. The SMILES string of the molecule is CCOc1ccc(NC2=N[C@@H](C(=O)Nc3ccc(OC)cc3)CC(=O)N2)cc1. The van der Waals surface area contributed by atoms with Crippen molar-refractivity contribution in [1.29, 1.82) is 0 Å². The van der Waals surface area contributed by atoms with Crippen LogP contribution in [0.15, 0.2) is 53.5 Å². The Morgan fingerprint density at radius 1 is 1.11 bits per heavy atom. The summed E-state index contributed by atoms with van der Waals surface area (Å²) in [5, 5.41) is 8.41. The smallest absolute Gasteiger partial charge is 0.249 e. The molecule has 0 bridgehead atoms. The molecule has 8 nitrogen and oxygen atoms in total. The van der Waals surface area contributed by atoms with Crippen LogP contribution in [0.25, 0.3) is 0 Å². The van der Waals surface area contributed by atoms with Gasteiger partial charge in [0.05, 0.1) is 20.1 Å². The minimum Gasteiger partial charge on any atom is -0.497 e. The van der Waals surface area contributed by atoms with E-state index in [2.05, 4.69) is 20.9 Å². The number of anilines is 2. The largest absolute Gasteiger partial charge is 0.497 e. The molecule has 0 saturated carbocycles. The highest BCUT2D eigenvalue weighted by atomic mass is 16.5. The van der Waals surface area contributed by atoms with E-state index in [9.17, 15) is 9.59 Å². The third-order valence-corrected chi connectivity index (χ3v) is 4.01. The minimum atomic E-state index is -0.818. The van der Waals surface area contributed by atoms with E-state index in [0.717, 1.165) is 11.4 Å². The molecule has 1 aliphatic heterocycles. The second kappa shape index (κ2) is 8.90. The summed E-state index contributed by atoms with van der Waals surface area (Å²) in [5.74, 6) is 1.04. The summed E-state index contributed by atoms with van der Waals surface area (Å²) in [7, 11) is 1.57. The summed E-state index contributed by atoms with van der Waals surface area (Å²) in [6.07, 6.45) is -0.0174. The summed E-state index contributed by atoms with van der Waals surface area (Å²) in [5.41, 5.74) is 1.33. The molecule has 2 aromatic rings. The maximum atomic E-state index is 12.5. The van der Waals surface area contributed by atoms with E-state index >= 15 is 0 Å². The highest BCUT2D eigenvalue weighted by Gasteiger charge is 2.27. The molecule has 0 aliphatic carbocycles. The highest BCUT2D eigenvalue weighted by molar-refractivity contribution is 6.10. The monoisotopic (exact) mass is 382 g/mol. The van der Waals surface area contributed by atoms with Gasteiger partial charge in [-0.2, -0.15) is 0 Å². The molecule has 2 aromatic carbocycles. The fourth-order valence-electron chi connectivity index (χ4n) is 2.65. The Balaban J connectivity index is 1.66. The first-order chi connectivity index (χ1) is 13.6. The molecule has 0 unspecified atom stereocenters. The summed E-state index contributed by atoms with van der Waals surface area (Å²) < 4.78 is 10.5. The molecule has 3 rings (SSSR count). The maximum Gasteiger partial charge on any atom is 0.249 e. The van der Waals surface area contributed by atoms with Crippen molar-refractivity contribution in [2.45, 2.75) is 19.4 Å². The molecule has 0 saturated heterocycles. The third-order valence-electron chi connectivity index (χ3n) is 4.01. The van der Waals surface area contributed by atoms with Gasteiger partial charge < -0.3 is 20.1 Å². The summed E-state index contributed by atoms with van der Waals surface area (Å²) in [4.78, 5) is 28.8. The van der Waals surface area contributed by atoms with Gasteiger partial charge in [-0.05, 0) is 55.5 Å². The Hall–Kier alpha value is -3.55. The predicted octanol–water partition coefficient (Wildman–Crippen LogP) is 2.39. The zero-order valence-electron chi connectivity index (χ0n) is 15.7. The first-order valence-electron chi connectivity index (χ1n) is 8.90. The van der Waals surface area contributed by atoms with Crippen molar-refractivity contribution in [3.63, 3.8) is 0 Å². The molecule has 1 aliphatic rings. The van der Waals surface area contributed by atoms with Gasteiger partial charge in [-0.15, -0.1) is 0 Å². The summed E-state index contributed by atoms with van der Waals surface area (Å²) in [6, 6.07) is 13.3. The van der Waals surface area contributed by atoms with Crippen molar-refractivity contribution >= 4 is 29.1 Å². The van der Waals surface area contributed by atoms with Crippen LogP contribution in [0.5, 0.6) is 11.5 Å². The molecule has 146 valence electrons. The number of carbonyl (C=O) groups is 2. The van der Waals surface area contributed by atoms with Crippen molar-refractivity contribution in [3.8, 4) is 11.5 Å². The van der Waals surface area contributed by atoms with Gasteiger partial charge in [0.2, 0.25) is 17.8 Å². The minimum absolute atomic E-state index is 0.0174. The van der Waals surface area contributed by atoms with Gasteiger partial charge in [-0.1, -0.05) is 0 Å². The first-order valence-corrected chi connectivity index (χ1v) is 8.90. The number of hydrogen-bond donors (Lipinski definition) is 3. The van der Waals surface area contributed by atoms with Crippen LogP contribution in [-0.2, 0) is 9.59 Å². The number of nitrogens with one attached hydrogen (secondary N) is 3. The predicted molar refractivity (Wildman–Crippen MR) is 107 cm³/mol. The number of nitrogens with zero attached hydrogens (tertiary/aromatic N) is 1. The molecule has 1 atom stereocenters. The molecule has 0 radical (unpaired) electrons. The van der Waals surface area contributed by atoms with E-state index in [1.165, 1.54) is 0 Å². The van der Waals surface area contributed by atoms with Crippen LogP contribution in [-0.4, -0.2) is 37.5 Å². The molecule has 0 aromatic heterocycles. The number of aliphatic imine (C=N–C) groups is 1. The molecule has 8 heteroatoms. The highest BCUT2D eigenvalue weighted by Crippen LogP contribution is 2.18. The second-order valence-corrected chi connectivity index (χ2v) is 6.05. The van der Waals surface area contributed by atoms with Crippen molar-refractivity contribution in [2.24, 2.45) is 4.99 Å². The number of carbonyl (C=O) groups excluding carboxylic acids is 2. The van der Waals surface area contributed by atoms with Gasteiger partial charge in [-0.3, -0.25) is 14.9 Å². The third kappa shape index (κ3) is 5.00. The average molecular weight is 382 g/mol. The number of guanidine groups is 1. The Kier molecular flexibility index (Phi) is 6.11. The zero-order chi connectivity index (χ0) is 19.9. The molecule has 2 amide bonds. The Morgan fingerprint density at radius 2 is 1.75 bits per heavy atom. The number of ether oxygens (including phenoxy) is 2. The Bertz CT molecular complexity index is 863. The Labute approximate surface area is 162 Å². The van der Waals surface area contributed by atoms with Crippen LogP contribution in [0, 0.1) is 0 Å². The quantitative estimate of drug-likeness (QED) is 0.712. The zero-order valence-corrected chi connectivity index (χ0v) is 15.7. The fraction of sp³-hybridized carbons (Fsp3) is 0.250. The lowest BCUT2D eigenvalue weighted by molar-refractivity contribution is -0.124. The van der Waals surface area contributed by atoms with Crippen LogP contribution in [0.1, 0.15) is 13.3 Å². The van der Waals surface area contributed by atoms with E-state index in [1.54, 1.807) is 43.5 Å². The summed E-state index contributed by atoms with van der Waals surface area (Å²) in [6.45, 7) is 2.50. The van der Waals surface area contributed by atoms with E-state index < -0.39 is 6.04 Å². The van der Waals surface area contributed by atoms with E-state index in [1.807, 2.05) is 19.1 Å². The lowest BCUT2D eigenvalue weighted by atomic mass is 10.1.